The van der Waals surface area contributed by atoms with Crippen LogP contribution in [0.3, 0.4) is 0 Å². The lowest BCUT2D eigenvalue weighted by Gasteiger charge is -2.27. The Bertz CT molecular complexity index is 6050. The first-order chi connectivity index (χ1) is 69.5. The van der Waals surface area contributed by atoms with Gasteiger partial charge in [-0.2, -0.15) is 0 Å². The molecule has 772 valence electrons. The zero-order chi connectivity index (χ0) is 104. The van der Waals surface area contributed by atoms with Gasteiger partial charge in [0.2, 0.25) is 23.0 Å². The summed E-state index contributed by atoms with van der Waals surface area (Å²) in [5.74, 6) is 0.934. The van der Waals surface area contributed by atoms with Crippen molar-refractivity contribution in [2.45, 2.75) is 154 Å². The van der Waals surface area contributed by atoms with Crippen molar-refractivity contribution in [1.82, 2.24) is 0 Å². The second-order valence-corrected chi connectivity index (χ2v) is 36.4. The summed E-state index contributed by atoms with van der Waals surface area (Å²) < 4.78 is 68.2. The third-order valence-corrected chi connectivity index (χ3v) is 27.2. The Morgan fingerprint density at radius 1 is 0.181 bits per heavy atom. The highest BCUT2D eigenvalue weighted by Crippen LogP contribution is 2.47. The molecule has 12 rings (SSSR count). The molecule has 0 aliphatic carbocycles. The van der Waals surface area contributed by atoms with Crippen LogP contribution in [0.15, 0.2) is 170 Å². The van der Waals surface area contributed by atoms with Crippen molar-refractivity contribution in [3.8, 4) is 138 Å². The fraction of sp³-hybridized carbons (Fsp3) is 0.379. The normalized spacial score (nSPS) is 12.1. The Balaban J connectivity index is 0.000000278. The SMILES string of the molecule is COc1cc(CCc2ccc(C[C@@H](CO)[C@H](CCCO)Cc3ccc(CCc4cc(OC)c(OC)c(OC)c4)c(CCc4cc(OC)c(OC)c(OC)c4)c3)cc2CCc2cc(OC)c(OC)c(OC)c2)cc(OC)c1OC.OCCC[C@H](Cc1ccc(CCc2cc(O)c(O)c(O)c2)c(CCc2cc(O)c(O)c(O)c2)c1)[C@H](CO)Cc1ccc(CCc2cc(O)c(O)c(O)c2)c(CCc2cc(O)c(O)c(O)c2)c1. The van der Waals surface area contributed by atoms with E-state index in [4.69, 9.17) is 56.8 Å². The van der Waals surface area contributed by atoms with Crippen LogP contribution in [-0.2, 0) is 128 Å². The average Bonchev–Trinajstić information content (AvgIpc) is 0.823. The van der Waals surface area contributed by atoms with Gasteiger partial charge in [0.25, 0.3) is 0 Å². The molecule has 28 heteroatoms. The molecule has 4 atom stereocenters. The van der Waals surface area contributed by atoms with E-state index in [2.05, 4.69) is 48.5 Å². The first-order valence-electron chi connectivity index (χ1n) is 48.5. The van der Waals surface area contributed by atoms with Crippen molar-refractivity contribution in [3.05, 3.63) is 281 Å². The molecule has 144 heavy (non-hydrogen) atoms. The Hall–Kier alpha value is -14.3. The van der Waals surface area contributed by atoms with E-state index in [1.165, 1.54) is 76.3 Å². The van der Waals surface area contributed by atoms with E-state index < -0.39 is 69.0 Å². The molecule has 12 aromatic carbocycles. The minimum Gasteiger partial charge on any atom is -0.504 e. The van der Waals surface area contributed by atoms with Gasteiger partial charge in [0.05, 0.1) is 85.3 Å². The fourth-order valence-corrected chi connectivity index (χ4v) is 19.4. The molecule has 0 fully saturated rings. The molecule has 0 aliphatic rings. The summed E-state index contributed by atoms with van der Waals surface area (Å²) in [5.41, 5.74) is 19.6. The molecule has 0 heterocycles. The lowest BCUT2D eigenvalue weighted by Crippen LogP contribution is -2.24. The van der Waals surface area contributed by atoms with E-state index in [-0.39, 0.29) is 50.1 Å². The number of hydrogen-bond donors (Lipinski definition) is 16. The number of phenolic OH excluding ortho intramolecular Hbond substituents is 12. The zero-order valence-corrected chi connectivity index (χ0v) is 84.3. The molecule has 28 nitrogen and oxygen atoms in total. The van der Waals surface area contributed by atoms with Crippen molar-refractivity contribution in [2.75, 3.05) is 112 Å². The maximum absolute atomic E-state index is 11.3. The molecule has 0 saturated carbocycles. The van der Waals surface area contributed by atoms with Crippen LogP contribution in [0.5, 0.6) is 138 Å². The van der Waals surface area contributed by atoms with Crippen LogP contribution in [0.25, 0.3) is 0 Å². The van der Waals surface area contributed by atoms with Gasteiger partial charge < -0.3 is 139 Å². The second-order valence-electron chi connectivity index (χ2n) is 36.4. The Kier molecular flexibility index (Phi) is 41.0. The van der Waals surface area contributed by atoms with E-state index in [0.717, 1.165) is 125 Å². The number of aliphatic hydroxyl groups excluding tert-OH is 4. The van der Waals surface area contributed by atoms with Crippen molar-refractivity contribution in [2.24, 2.45) is 23.7 Å². The van der Waals surface area contributed by atoms with Crippen molar-refractivity contribution in [3.63, 3.8) is 0 Å². The third kappa shape index (κ3) is 29.0. The van der Waals surface area contributed by atoms with E-state index >= 15 is 0 Å². The number of aryl methyl sites for hydroxylation is 16. The number of aliphatic hydroxyl groups is 4. The van der Waals surface area contributed by atoms with Crippen LogP contribution >= 0.6 is 0 Å². The van der Waals surface area contributed by atoms with Crippen molar-refractivity contribution >= 4 is 0 Å². The predicted molar refractivity (Wildman–Crippen MR) is 551 cm³/mol. The maximum Gasteiger partial charge on any atom is 0.203 e. The first-order valence-corrected chi connectivity index (χ1v) is 48.5. The summed E-state index contributed by atoms with van der Waals surface area (Å²) in [6, 6.07) is 53.0. The van der Waals surface area contributed by atoms with Crippen LogP contribution < -0.4 is 56.8 Å². The molecule has 0 bridgehead atoms. The fourth-order valence-electron chi connectivity index (χ4n) is 19.4. The molecule has 0 spiro atoms. The summed E-state index contributed by atoms with van der Waals surface area (Å²) in [5, 5.41) is 163. The van der Waals surface area contributed by atoms with E-state index in [1.807, 2.05) is 72.8 Å². The van der Waals surface area contributed by atoms with Gasteiger partial charge in [0, 0.05) is 26.4 Å². The van der Waals surface area contributed by atoms with Crippen LogP contribution in [0.2, 0.25) is 0 Å². The molecule has 0 radical (unpaired) electrons. The number of rotatable bonds is 54. The number of hydrogen-bond acceptors (Lipinski definition) is 28. The monoisotopic (exact) mass is 1980 g/mol. The Morgan fingerprint density at radius 3 is 0.507 bits per heavy atom. The quantitative estimate of drug-likeness (QED) is 0.0157. The lowest BCUT2D eigenvalue weighted by molar-refractivity contribution is 0.158. The minimum absolute atomic E-state index is 0.000610. The number of phenols is 12. The molecule has 16 N–H and O–H groups in total. The topological polar surface area (TPSA) is 434 Å². The molecule has 0 saturated heterocycles. The van der Waals surface area contributed by atoms with E-state index in [9.17, 15) is 81.7 Å². The zero-order valence-electron chi connectivity index (χ0n) is 84.3. The van der Waals surface area contributed by atoms with E-state index in [0.29, 0.717) is 181 Å². The number of ether oxygens (including phenoxy) is 12. The average molecular weight is 1980 g/mol. The summed E-state index contributed by atoms with van der Waals surface area (Å²) >= 11 is 0. The lowest BCUT2D eigenvalue weighted by atomic mass is 9.79. The second kappa shape index (κ2) is 53.7. The first kappa shape index (κ1) is 110. The highest BCUT2D eigenvalue weighted by atomic mass is 16.6. The summed E-state index contributed by atoms with van der Waals surface area (Å²) in [6.07, 6.45) is 14.5. The van der Waals surface area contributed by atoms with Gasteiger partial charge in [-0.05, 0) is 386 Å². The summed E-state index contributed by atoms with van der Waals surface area (Å²) in [6.45, 7) is -0.107. The molecule has 0 aliphatic heterocycles. The minimum atomic E-state index is -0.606. The number of methoxy groups -OCH3 is 12. The van der Waals surface area contributed by atoms with Crippen LogP contribution in [0.1, 0.15) is 137 Å². The molecule has 0 amide bonds. The van der Waals surface area contributed by atoms with Crippen LogP contribution in [0.4, 0.5) is 0 Å². The molecular formula is C116H140O28. The van der Waals surface area contributed by atoms with Gasteiger partial charge in [-0.15, -0.1) is 0 Å². The van der Waals surface area contributed by atoms with Crippen LogP contribution in [0, 0.1) is 23.7 Å². The van der Waals surface area contributed by atoms with Gasteiger partial charge in [-0.3, -0.25) is 0 Å². The smallest absolute Gasteiger partial charge is 0.203 e. The van der Waals surface area contributed by atoms with Gasteiger partial charge in [0.1, 0.15) is 0 Å². The van der Waals surface area contributed by atoms with E-state index in [1.54, 1.807) is 85.3 Å². The maximum atomic E-state index is 11.3. The predicted octanol–water partition coefficient (Wildman–Crippen LogP) is 17.8. The van der Waals surface area contributed by atoms with Crippen molar-refractivity contribution < 1.29 is 139 Å². The summed E-state index contributed by atoms with van der Waals surface area (Å²) in [4.78, 5) is 0. The number of benzene rings is 12. The van der Waals surface area contributed by atoms with Gasteiger partial charge >= 0.3 is 0 Å². The Morgan fingerprint density at radius 2 is 0.347 bits per heavy atom. The van der Waals surface area contributed by atoms with Gasteiger partial charge in [-0.25, -0.2) is 0 Å². The largest absolute Gasteiger partial charge is 0.504 e. The molecule has 12 aromatic rings. The number of aromatic hydroxyl groups is 12. The van der Waals surface area contributed by atoms with Crippen molar-refractivity contribution in [1.29, 1.82) is 0 Å². The van der Waals surface area contributed by atoms with Gasteiger partial charge in [0.15, 0.2) is 115 Å². The molecule has 0 aromatic heterocycles. The highest BCUT2D eigenvalue weighted by Gasteiger charge is 2.29. The Labute approximate surface area is 842 Å². The molecule has 0 unspecified atom stereocenters. The van der Waals surface area contributed by atoms with Gasteiger partial charge in [-0.1, -0.05) is 72.8 Å². The van der Waals surface area contributed by atoms with Crippen LogP contribution in [-0.4, -0.2) is 193 Å². The standard InChI is InChI=1S/C64H82O14.C52H58O14/c1-67-53-32-43(33-54(68-2)61(53)75-9)17-23-47-21-15-41(29-50(47)25-19-45-36-57(71-5)63(77-11)58(37-45)72-6)28-49(14-13-27-65)52(40-66)31-42-16-22-48(24-18-44-34-55(69-3)62(76-10)56(35-44)70-4)51(30-42)26-20-46-38-59(73-7)64(78-12)60(39-46)74-8;53-15-1-2-37(16-29-3-9-35(11-5-31-20-41(55)49(63)42(56)21-31)38(17-29)13-7-33-24-45(59)51(65)46(60)25-33)40(28-54)19-30-4-10-36(12-6-32-22-43(57)50(64)44(58)23-32)39(18-30)14-8-34-26-47(61)52(66)48(62)27-34/h15-16,21-22,29-30,32-39,49,52,65-66H,13-14,17-20,23-28,31,40H2,1-12H3;3-4,9-10,17-18,20-27,37,40,53-66H,1-2,5-8,11-16,19,28H2/t49-,52+;37-,40+/m11/s1. The highest BCUT2D eigenvalue weighted by molar-refractivity contribution is 5.60. The molecular weight excluding hydrogens is 1840 g/mol. The summed E-state index contributed by atoms with van der Waals surface area (Å²) in [7, 11) is 19.5. The third-order valence-electron chi connectivity index (χ3n) is 27.2.